The van der Waals surface area contributed by atoms with Crippen LogP contribution in [0.15, 0.2) is 50.9 Å². The lowest BCUT2D eigenvalue weighted by Crippen LogP contribution is -2.51. The number of aromatic nitrogens is 1. The zero-order valence-corrected chi connectivity index (χ0v) is 15.9. The van der Waals surface area contributed by atoms with Gasteiger partial charge in [0.1, 0.15) is 12.3 Å². The van der Waals surface area contributed by atoms with Crippen molar-refractivity contribution < 1.29 is 23.3 Å². The molecule has 0 atom stereocenters. The standard InChI is InChI=1S/C19H19N3O5S/c23-18(13-25-12-14-11-16(27-20-14)17-4-2-10-28-17)21-5-7-22(8-6-21)19(24)15-3-1-9-26-15/h1-4,9-11H,5-8,12-13H2. The molecule has 8 nitrogen and oxygen atoms in total. The second kappa shape index (κ2) is 8.41. The summed E-state index contributed by atoms with van der Waals surface area (Å²) in [6.07, 6.45) is 1.47. The van der Waals surface area contributed by atoms with Gasteiger partial charge in [-0.25, -0.2) is 0 Å². The van der Waals surface area contributed by atoms with E-state index < -0.39 is 0 Å². The lowest BCUT2D eigenvalue weighted by molar-refractivity contribution is -0.138. The first-order valence-electron chi connectivity index (χ1n) is 8.88. The fourth-order valence-corrected chi connectivity index (χ4v) is 3.64. The van der Waals surface area contributed by atoms with E-state index in [1.807, 2.05) is 23.6 Å². The highest BCUT2D eigenvalue weighted by atomic mass is 32.1. The third kappa shape index (κ3) is 4.15. The highest BCUT2D eigenvalue weighted by molar-refractivity contribution is 7.13. The second-order valence-electron chi connectivity index (χ2n) is 6.30. The Balaban J connectivity index is 1.20. The summed E-state index contributed by atoms with van der Waals surface area (Å²) in [5.41, 5.74) is 0.644. The average molecular weight is 401 g/mol. The Hall–Kier alpha value is -2.91. The number of thiophene rings is 1. The highest BCUT2D eigenvalue weighted by Gasteiger charge is 2.26. The molecule has 0 saturated carbocycles. The molecule has 0 aliphatic carbocycles. The molecule has 4 rings (SSSR count). The first kappa shape index (κ1) is 18.5. The van der Waals surface area contributed by atoms with Gasteiger partial charge in [-0.05, 0) is 23.6 Å². The van der Waals surface area contributed by atoms with E-state index in [4.69, 9.17) is 13.7 Å². The molecule has 0 unspecified atom stereocenters. The molecule has 3 aromatic heterocycles. The maximum Gasteiger partial charge on any atom is 0.289 e. The first-order valence-corrected chi connectivity index (χ1v) is 9.76. The molecule has 1 fully saturated rings. The van der Waals surface area contributed by atoms with Crippen molar-refractivity contribution in [3.8, 4) is 10.6 Å². The number of furan rings is 1. The molecule has 0 aromatic carbocycles. The van der Waals surface area contributed by atoms with Crippen molar-refractivity contribution >= 4 is 23.2 Å². The Morgan fingerprint density at radius 3 is 2.68 bits per heavy atom. The Labute approximate surface area is 165 Å². The lowest BCUT2D eigenvalue weighted by atomic mass is 10.3. The highest BCUT2D eigenvalue weighted by Crippen LogP contribution is 2.25. The van der Waals surface area contributed by atoms with Crippen LogP contribution in [0.2, 0.25) is 0 Å². The van der Waals surface area contributed by atoms with Gasteiger partial charge in [0.25, 0.3) is 5.91 Å². The van der Waals surface area contributed by atoms with Crippen LogP contribution in [-0.2, 0) is 16.1 Å². The van der Waals surface area contributed by atoms with E-state index in [0.717, 1.165) is 4.88 Å². The van der Waals surface area contributed by atoms with E-state index >= 15 is 0 Å². The predicted molar refractivity (Wildman–Crippen MR) is 101 cm³/mol. The van der Waals surface area contributed by atoms with Crippen LogP contribution in [0.3, 0.4) is 0 Å². The lowest BCUT2D eigenvalue weighted by Gasteiger charge is -2.34. The number of carbonyl (C=O) groups excluding carboxylic acids is 2. The molecule has 9 heteroatoms. The topological polar surface area (TPSA) is 89.0 Å². The Morgan fingerprint density at radius 1 is 1.14 bits per heavy atom. The largest absolute Gasteiger partial charge is 0.459 e. The maximum atomic E-state index is 12.3. The fraction of sp³-hybridized carbons (Fsp3) is 0.316. The number of hydrogen-bond acceptors (Lipinski definition) is 7. The van der Waals surface area contributed by atoms with E-state index in [9.17, 15) is 9.59 Å². The molecule has 0 N–H and O–H groups in total. The Bertz CT molecular complexity index is 911. The number of piperazine rings is 1. The van der Waals surface area contributed by atoms with Crippen molar-refractivity contribution in [1.82, 2.24) is 15.0 Å². The summed E-state index contributed by atoms with van der Waals surface area (Å²) in [4.78, 5) is 28.9. The first-order chi connectivity index (χ1) is 13.7. The molecule has 1 saturated heterocycles. The van der Waals surface area contributed by atoms with Crippen LogP contribution in [0.1, 0.15) is 16.2 Å². The normalized spacial score (nSPS) is 14.4. The fourth-order valence-electron chi connectivity index (χ4n) is 2.96. The molecule has 3 aromatic rings. The number of amides is 2. The van der Waals surface area contributed by atoms with Gasteiger partial charge < -0.3 is 23.5 Å². The van der Waals surface area contributed by atoms with Gasteiger partial charge >= 0.3 is 0 Å². The van der Waals surface area contributed by atoms with Crippen LogP contribution in [0.5, 0.6) is 0 Å². The second-order valence-corrected chi connectivity index (χ2v) is 7.25. The summed E-state index contributed by atoms with van der Waals surface area (Å²) in [7, 11) is 0. The minimum atomic E-state index is -0.152. The summed E-state index contributed by atoms with van der Waals surface area (Å²) in [5, 5.41) is 5.93. The van der Waals surface area contributed by atoms with Gasteiger partial charge in [-0.15, -0.1) is 11.3 Å². The quantitative estimate of drug-likeness (QED) is 0.631. The van der Waals surface area contributed by atoms with Crippen molar-refractivity contribution in [1.29, 1.82) is 0 Å². The van der Waals surface area contributed by atoms with E-state index in [1.54, 1.807) is 33.3 Å². The van der Waals surface area contributed by atoms with Crippen LogP contribution in [0.4, 0.5) is 0 Å². The van der Waals surface area contributed by atoms with E-state index in [2.05, 4.69) is 5.16 Å². The number of nitrogens with zero attached hydrogens (tertiary/aromatic N) is 3. The summed E-state index contributed by atoms with van der Waals surface area (Å²) in [6, 6.07) is 9.04. The number of hydrogen-bond donors (Lipinski definition) is 0. The molecule has 146 valence electrons. The van der Waals surface area contributed by atoms with Crippen molar-refractivity contribution in [2.75, 3.05) is 32.8 Å². The third-order valence-electron chi connectivity index (χ3n) is 4.45. The van der Waals surface area contributed by atoms with Gasteiger partial charge in [0.2, 0.25) is 5.91 Å². The van der Waals surface area contributed by atoms with Crippen LogP contribution in [0, 0.1) is 0 Å². The molecule has 0 radical (unpaired) electrons. The SMILES string of the molecule is O=C(COCc1cc(-c2cccs2)on1)N1CCN(C(=O)c2ccco2)CC1. The molecule has 1 aliphatic rings. The molecular weight excluding hydrogens is 382 g/mol. The van der Waals surface area contributed by atoms with Crippen molar-refractivity contribution in [3.05, 3.63) is 53.4 Å². The van der Waals surface area contributed by atoms with Crippen molar-refractivity contribution in [2.45, 2.75) is 6.61 Å². The van der Waals surface area contributed by atoms with Crippen molar-refractivity contribution in [3.63, 3.8) is 0 Å². The van der Waals surface area contributed by atoms with Crippen LogP contribution in [-0.4, -0.2) is 59.6 Å². The van der Waals surface area contributed by atoms with Crippen LogP contribution >= 0.6 is 11.3 Å². The minimum Gasteiger partial charge on any atom is -0.459 e. The Kier molecular flexibility index (Phi) is 5.54. The van der Waals surface area contributed by atoms with Gasteiger partial charge in [-0.3, -0.25) is 9.59 Å². The molecule has 4 heterocycles. The number of carbonyl (C=O) groups is 2. The van der Waals surface area contributed by atoms with E-state index in [1.165, 1.54) is 6.26 Å². The van der Waals surface area contributed by atoms with E-state index in [0.29, 0.717) is 43.4 Å². The molecule has 2 amide bonds. The molecule has 1 aliphatic heterocycles. The zero-order chi connectivity index (χ0) is 19.3. The van der Waals surface area contributed by atoms with Gasteiger partial charge in [0, 0.05) is 32.2 Å². The zero-order valence-electron chi connectivity index (χ0n) is 15.1. The number of ether oxygens (including phenoxy) is 1. The predicted octanol–water partition coefficient (Wildman–Crippen LogP) is 2.50. The summed E-state index contributed by atoms with van der Waals surface area (Å²) in [5.74, 6) is 0.753. The molecular formula is C19H19N3O5S. The third-order valence-corrected chi connectivity index (χ3v) is 5.33. The smallest absolute Gasteiger partial charge is 0.289 e. The maximum absolute atomic E-state index is 12.3. The molecule has 28 heavy (non-hydrogen) atoms. The summed E-state index contributed by atoms with van der Waals surface area (Å²) < 4.78 is 15.9. The Morgan fingerprint density at radius 2 is 1.96 bits per heavy atom. The van der Waals surface area contributed by atoms with E-state index in [-0.39, 0.29) is 25.0 Å². The molecule has 0 spiro atoms. The van der Waals surface area contributed by atoms with Gasteiger partial charge in [0.15, 0.2) is 11.5 Å². The van der Waals surface area contributed by atoms with Gasteiger partial charge in [-0.1, -0.05) is 11.2 Å². The summed E-state index contributed by atoms with van der Waals surface area (Å²) in [6.45, 7) is 2.06. The minimum absolute atomic E-state index is 0.0344. The van der Waals surface area contributed by atoms with Gasteiger partial charge in [0.05, 0.1) is 17.7 Å². The van der Waals surface area contributed by atoms with Gasteiger partial charge in [-0.2, -0.15) is 0 Å². The monoisotopic (exact) mass is 401 g/mol. The average Bonchev–Trinajstić information content (AvgIpc) is 3.49. The number of rotatable bonds is 6. The van der Waals surface area contributed by atoms with Crippen LogP contribution in [0.25, 0.3) is 10.6 Å². The summed E-state index contributed by atoms with van der Waals surface area (Å²) >= 11 is 1.57. The van der Waals surface area contributed by atoms with Crippen LogP contribution < -0.4 is 0 Å². The molecule has 0 bridgehead atoms. The van der Waals surface area contributed by atoms with Crippen molar-refractivity contribution in [2.24, 2.45) is 0 Å².